The van der Waals surface area contributed by atoms with Crippen LogP contribution in [-0.2, 0) is 4.74 Å². The molecule has 0 saturated carbocycles. The van der Waals surface area contributed by atoms with Crippen LogP contribution in [0.1, 0.15) is 27.7 Å². The van der Waals surface area contributed by atoms with Gasteiger partial charge in [0, 0.05) is 0 Å². The molecule has 0 bridgehead atoms. The van der Waals surface area contributed by atoms with E-state index in [9.17, 15) is 13.2 Å². The number of hydrogen-bond acceptors (Lipinski definition) is 1. The third-order valence-corrected chi connectivity index (χ3v) is 1.70. The summed E-state index contributed by atoms with van der Waals surface area (Å²) in [5.74, 6) is 0.182. The molecule has 0 aromatic rings. The number of alkyl halides is 3. The Morgan fingerprint density at radius 2 is 1.65 bits per heavy atom. The molecular formula is C13H21F3O. The quantitative estimate of drug-likeness (QED) is 0.499. The summed E-state index contributed by atoms with van der Waals surface area (Å²) in [7, 11) is 0. The van der Waals surface area contributed by atoms with Crippen LogP contribution in [0.3, 0.4) is 0 Å². The molecule has 0 unspecified atom stereocenters. The molecule has 0 fully saturated rings. The highest BCUT2D eigenvalue weighted by Crippen LogP contribution is 2.21. The second-order valence-electron chi connectivity index (χ2n) is 3.29. The third-order valence-electron chi connectivity index (χ3n) is 1.70. The first-order chi connectivity index (χ1) is 7.81. The second-order valence-corrected chi connectivity index (χ2v) is 3.29. The largest absolute Gasteiger partial charge is 0.484 e. The minimum atomic E-state index is -4.34. The molecule has 100 valence electrons. The van der Waals surface area contributed by atoms with Gasteiger partial charge in [-0.05, 0) is 17.6 Å². The van der Waals surface area contributed by atoms with Gasteiger partial charge in [0.15, 0.2) is 6.61 Å². The molecule has 4 heteroatoms. The van der Waals surface area contributed by atoms with Crippen molar-refractivity contribution in [3.8, 4) is 0 Å². The van der Waals surface area contributed by atoms with E-state index in [1.807, 2.05) is 27.7 Å². The SMILES string of the molecule is C=C/C(OCC(F)(F)F)=C(\C=C)C(C)C.CC. The Kier molecular flexibility index (Phi) is 9.52. The molecule has 1 nitrogen and oxygen atoms in total. The van der Waals surface area contributed by atoms with Crippen molar-refractivity contribution in [2.24, 2.45) is 5.92 Å². The van der Waals surface area contributed by atoms with Crippen LogP contribution in [0.4, 0.5) is 13.2 Å². The lowest BCUT2D eigenvalue weighted by Gasteiger charge is -2.15. The maximum Gasteiger partial charge on any atom is 0.422 e. The van der Waals surface area contributed by atoms with Crippen LogP contribution in [-0.4, -0.2) is 12.8 Å². The van der Waals surface area contributed by atoms with E-state index in [4.69, 9.17) is 0 Å². The van der Waals surface area contributed by atoms with E-state index >= 15 is 0 Å². The topological polar surface area (TPSA) is 9.23 Å². The van der Waals surface area contributed by atoms with E-state index in [0.717, 1.165) is 0 Å². The average Bonchev–Trinajstić information content (AvgIpc) is 2.25. The lowest BCUT2D eigenvalue weighted by molar-refractivity contribution is -0.164. The molecule has 0 aromatic heterocycles. The van der Waals surface area contributed by atoms with Gasteiger partial charge in [-0.15, -0.1) is 0 Å². The van der Waals surface area contributed by atoms with Gasteiger partial charge in [0.2, 0.25) is 0 Å². The number of halogens is 3. The Labute approximate surface area is 102 Å². The number of hydrogen-bond donors (Lipinski definition) is 0. The fourth-order valence-corrected chi connectivity index (χ4v) is 1.04. The summed E-state index contributed by atoms with van der Waals surface area (Å²) in [6, 6.07) is 0. The Hall–Kier alpha value is -1.19. The van der Waals surface area contributed by atoms with E-state index in [-0.39, 0.29) is 11.7 Å². The van der Waals surface area contributed by atoms with Gasteiger partial charge in [-0.3, -0.25) is 0 Å². The fraction of sp³-hybridized carbons (Fsp3) is 0.538. The Morgan fingerprint density at radius 1 is 1.18 bits per heavy atom. The van der Waals surface area contributed by atoms with Crippen molar-refractivity contribution in [3.63, 3.8) is 0 Å². The normalized spacial score (nSPS) is 12.2. The molecule has 0 amide bonds. The number of rotatable bonds is 5. The van der Waals surface area contributed by atoms with Crippen LogP contribution >= 0.6 is 0 Å². The molecule has 0 radical (unpaired) electrons. The summed E-state index contributed by atoms with van der Waals surface area (Å²) in [4.78, 5) is 0. The van der Waals surface area contributed by atoms with Gasteiger partial charge in [0.05, 0.1) is 0 Å². The Bertz CT molecular complexity index is 262. The zero-order chi connectivity index (χ0) is 14.1. The summed E-state index contributed by atoms with van der Waals surface area (Å²) in [5.41, 5.74) is 0.620. The molecule has 0 N–H and O–H groups in total. The van der Waals surface area contributed by atoms with E-state index in [1.165, 1.54) is 12.2 Å². The minimum absolute atomic E-state index is 0.0451. The molecular weight excluding hydrogens is 229 g/mol. The first-order valence-corrected chi connectivity index (χ1v) is 5.50. The van der Waals surface area contributed by atoms with E-state index < -0.39 is 12.8 Å². The molecule has 0 saturated heterocycles. The molecule has 0 aliphatic carbocycles. The highest BCUT2D eigenvalue weighted by atomic mass is 19.4. The van der Waals surface area contributed by atoms with Gasteiger partial charge in [-0.25, -0.2) is 0 Å². The first kappa shape index (κ1) is 18.2. The van der Waals surface area contributed by atoms with Crippen LogP contribution in [0.15, 0.2) is 36.6 Å². The summed E-state index contributed by atoms with van der Waals surface area (Å²) in [5, 5.41) is 0. The molecule has 0 aromatic carbocycles. The predicted molar refractivity (Wildman–Crippen MR) is 65.6 cm³/mol. The van der Waals surface area contributed by atoms with Crippen molar-refractivity contribution in [1.29, 1.82) is 0 Å². The fourth-order valence-electron chi connectivity index (χ4n) is 1.04. The van der Waals surface area contributed by atoms with Crippen molar-refractivity contribution in [2.75, 3.05) is 6.61 Å². The van der Waals surface area contributed by atoms with Crippen LogP contribution < -0.4 is 0 Å². The smallest absolute Gasteiger partial charge is 0.422 e. The highest BCUT2D eigenvalue weighted by Gasteiger charge is 2.28. The maximum atomic E-state index is 11.9. The number of ether oxygens (including phenoxy) is 1. The van der Waals surface area contributed by atoms with Gasteiger partial charge >= 0.3 is 6.18 Å². The highest BCUT2D eigenvalue weighted by molar-refractivity contribution is 5.28. The van der Waals surface area contributed by atoms with E-state index in [2.05, 4.69) is 17.9 Å². The summed E-state index contributed by atoms with van der Waals surface area (Å²) < 4.78 is 40.4. The van der Waals surface area contributed by atoms with Crippen molar-refractivity contribution in [1.82, 2.24) is 0 Å². The van der Waals surface area contributed by atoms with Gasteiger partial charge < -0.3 is 4.74 Å². The maximum absolute atomic E-state index is 11.9. The zero-order valence-electron chi connectivity index (χ0n) is 10.9. The molecule has 0 aliphatic heterocycles. The van der Waals surface area contributed by atoms with E-state index in [1.54, 1.807) is 0 Å². The zero-order valence-corrected chi connectivity index (χ0v) is 10.9. The summed E-state index contributed by atoms with van der Waals surface area (Å²) in [6.07, 6.45) is -1.58. The summed E-state index contributed by atoms with van der Waals surface area (Å²) in [6.45, 7) is 13.3. The Morgan fingerprint density at radius 3 is 1.88 bits per heavy atom. The van der Waals surface area contributed by atoms with Crippen LogP contribution in [0.5, 0.6) is 0 Å². The van der Waals surface area contributed by atoms with Gasteiger partial charge in [-0.2, -0.15) is 13.2 Å². The lowest BCUT2D eigenvalue weighted by Crippen LogP contribution is -2.17. The third kappa shape index (κ3) is 8.60. The van der Waals surface area contributed by atoms with Gasteiger partial charge in [0.1, 0.15) is 5.76 Å². The average molecular weight is 250 g/mol. The first-order valence-electron chi connectivity index (χ1n) is 5.50. The molecule has 17 heavy (non-hydrogen) atoms. The van der Waals surface area contributed by atoms with Crippen molar-refractivity contribution in [2.45, 2.75) is 33.9 Å². The standard InChI is InChI=1S/C11H15F3O.C2H6/c1-5-9(8(3)4)10(6-2)15-7-11(12,13)14;1-2/h5-6,8H,1-2,7H2,3-4H3;1-2H3/b10-9-;. The van der Waals surface area contributed by atoms with Crippen LogP contribution in [0.2, 0.25) is 0 Å². The lowest BCUT2D eigenvalue weighted by atomic mass is 10.0. The van der Waals surface area contributed by atoms with Crippen LogP contribution in [0.25, 0.3) is 0 Å². The molecule has 0 heterocycles. The summed E-state index contributed by atoms with van der Waals surface area (Å²) >= 11 is 0. The van der Waals surface area contributed by atoms with Crippen molar-refractivity contribution >= 4 is 0 Å². The molecule has 0 rings (SSSR count). The second kappa shape index (κ2) is 8.90. The van der Waals surface area contributed by atoms with Gasteiger partial charge in [0.25, 0.3) is 0 Å². The van der Waals surface area contributed by atoms with Gasteiger partial charge in [-0.1, -0.05) is 46.9 Å². The van der Waals surface area contributed by atoms with E-state index in [0.29, 0.717) is 5.57 Å². The Balaban J connectivity index is 0. The van der Waals surface area contributed by atoms with Crippen LogP contribution in [0, 0.1) is 5.92 Å². The predicted octanol–water partition coefficient (Wildman–Crippen LogP) is 4.87. The number of allylic oxidation sites excluding steroid dienone is 3. The molecule has 0 atom stereocenters. The monoisotopic (exact) mass is 250 g/mol. The molecule has 0 aliphatic rings. The molecule has 0 spiro atoms. The van der Waals surface area contributed by atoms with Crippen molar-refractivity contribution in [3.05, 3.63) is 36.6 Å². The minimum Gasteiger partial charge on any atom is -0.484 e. The van der Waals surface area contributed by atoms with Crippen molar-refractivity contribution < 1.29 is 17.9 Å².